The maximum atomic E-state index is 11.8. The third kappa shape index (κ3) is 3.06. The third-order valence-corrected chi connectivity index (χ3v) is 2.50. The number of aromatic amines is 1. The second kappa shape index (κ2) is 6.05. The van der Waals surface area contributed by atoms with Crippen LogP contribution >= 0.6 is 0 Å². The SMILES string of the molecule is [B]c1c(-c2ccccc2)nc(NC(=O)OCC)[nH]c1=O. The van der Waals surface area contributed by atoms with Gasteiger partial charge in [-0.05, 0) is 17.9 Å². The van der Waals surface area contributed by atoms with E-state index in [4.69, 9.17) is 12.6 Å². The van der Waals surface area contributed by atoms with Crippen LogP contribution in [-0.4, -0.2) is 30.5 Å². The topological polar surface area (TPSA) is 84.1 Å². The van der Waals surface area contributed by atoms with Crippen LogP contribution in [0.2, 0.25) is 0 Å². The molecule has 0 bridgehead atoms. The fraction of sp³-hybridized carbons (Fsp3) is 0.154. The van der Waals surface area contributed by atoms with Crippen LogP contribution < -0.4 is 16.3 Å². The maximum absolute atomic E-state index is 11.8. The van der Waals surface area contributed by atoms with Crippen LogP contribution in [0, 0.1) is 0 Å². The highest BCUT2D eigenvalue weighted by atomic mass is 16.5. The molecular weight excluding hydrogens is 257 g/mol. The Morgan fingerprint density at radius 2 is 2.10 bits per heavy atom. The average Bonchev–Trinajstić information content (AvgIpc) is 2.44. The molecule has 2 rings (SSSR count). The summed E-state index contributed by atoms with van der Waals surface area (Å²) in [5.41, 5.74) is 0.459. The van der Waals surface area contributed by atoms with E-state index in [0.29, 0.717) is 11.3 Å². The molecule has 0 saturated carbocycles. The molecule has 2 radical (unpaired) electrons. The monoisotopic (exact) mass is 269 g/mol. The molecule has 1 amide bonds. The minimum absolute atomic E-state index is 0.00870. The number of carbonyl (C=O) groups excluding carboxylic acids is 1. The summed E-state index contributed by atoms with van der Waals surface area (Å²) in [6.45, 7) is 1.89. The minimum Gasteiger partial charge on any atom is -0.450 e. The van der Waals surface area contributed by atoms with E-state index in [0.717, 1.165) is 0 Å². The Morgan fingerprint density at radius 3 is 2.75 bits per heavy atom. The van der Waals surface area contributed by atoms with Crippen LogP contribution in [0.3, 0.4) is 0 Å². The van der Waals surface area contributed by atoms with E-state index < -0.39 is 11.7 Å². The zero-order chi connectivity index (χ0) is 14.5. The lowest BCUT2D eigenvalue weighted by molar-refractivity contribution is 0.167. The molecular formula is C13H12BN3O3. The lowest BCUT2D eigenvalue weighted by atomic mass is 9.92. The second-order valence-corrected chi connectivity index (χ2v) is 3.89. The van der Waals surface area contributed by atoms with Gasteiger partial charge in [-0.3, -0.25) is 15.1 Å². The van der Waals surface area contributed by atoms with Crippen molar-refractivity contribution in [2.75, 3.05) is 11.9 Å². The molecule has 2 N–H and O–H groups in total. The highest BCUT2D eigenvalue weighted by molar-refractivity contribution is 6.35. The predicted molar refractivity (Wildman–Crippen MR) is 76.3 cm³/mol. The first-order chi connectivity index (χ1) is 9.61. The van der Waals surface area contributed by atoms with Crippen molar-refractivity contribution in [3.05, 3.63) is 40.7 Å². The van der Waals surface area contributed by atoms with Gasteiger partial charge in [0.1, 0.15) is 7.85 Å². The molecule has 100 valence electrons. The molecule has 0 saturated heterocycles. The number of hydrogen-bond acceptors (Lipinski definition) is 4. The molecule has 0 aliphatic rings. The van der Waals surface area contributed by atoms with Crippen LogP contribution in [-0.2, 0) is 4.74 Å². The first kappa shape index (κ1) is 13.9. The van der Waals surface area contributed by atoms with Crippen LogP contribution in [0.25, 0.3) is 11.3 Å². The number of benzene rings is 1. The fourth-order valence-corrected chi connectivity index (χ4v) is 1.62. The van der Waals surface area contributed by atoms with Crippen LogP contribution in [0.5, 0.6) is 0 Å². The number of nitrogens with one attached hydrogen (secondary N) is 2. The number of anilines is 1. The number of rotatable bonds is 3. The van der Waals surface area contributed by atoms with Gasteiger partial charge in [-0.1, -0.05) is 30.3 Å². The summed E-state index contributed by atoms with van der Waals surface area (Å²) in [7, 11) is 5.72. The van der Waals surface area contributed by atoms with E-state index in [2.05, 4.69) is 15.3 Å². The molecule has 0 aliphatic heterocycles. The summed E-state index contributed by atoms with van der Waals surface area (Å²) in [5.74, 6) is -0.0125. The van der Waals surface area contributed by atoms with Gasteiger partial charge in [0.05, 0.1) is 12.3 Å². The molecule has 0 atom stereocenters. The van der Waals surface area contributed by atoms with Crippen molar-refractivity contribution in [1.29, 1.82) is 0 Å². The molecule has 1 heterocycles. The van der Waals surface area contributed by atoms with Gasteiger partial charge in [0.15, 0.2) is 0 Å². The number of H-pyrrole nitrogens is 1. The van der Waals surface area contributed by atoms with Gasteiger partial charge in [0.2, 0.25) is 11.5 Å². The number of ether oxygens (including phenoxy) is 1. The van der Waals surface area contributed by atoms with E-state index >= 15 is 0 Å². The molecule has 1 aromatic carbocycles. The molecule has 7 heteroatoms. The number of carbonyl (C=O) groups is 1. The van der Waals surface area contributed by atoms with Gasteiger partial charge in [-0.15, -0.1) is 0 Å². The average molecular weight is 269 g/mol. The lowest BCUT2D eigenvalue weighted by Crippen LogP contribution is -2.32. The van der Waals surface area contributed by atoms with Crippen molar-refractivity contribution in [2.24, 2.45) is 0 Å². The Hall–Kier alpha value is -2.57. The minimum atomic E-state index is -0.695. The summed E-state index contributed by atoms with van der Waals surface area (Å²) in [5, 5.41) is 2.34. The standard InChI is InChI=1S/C13H12BN3O3/c1-2-20-13(19)17-12-15-10(9(14)11(18)16-12)8-6-4-3-5-7-8/h3-7H,2H2,1H3,(H2,15,16,17,18,19). The molecule has 2 aromatic rings. The zero-order valence-corrected chi connectivity index (χ0v) is 10.8. The van der Waals surface area contributed by atoms with Gasteiger partial charge in [0.25, 0.3) is 0 Å². The molecule has 0 spiro atoms. The van der Waals surface area contributed by atoms with E-state index in [1.807, 2.05) is 6.07 Å². The van der Waals surface area contributed by atoms with Crippen LogP contribution in [0.1, 0.15) is 6.92 Å². The summed E-state index contributed by atoms with van der Waals surface area (Å²) < 4.78 is 4.72. The van der Waals surface area contributed by atoms with Crippen molar-refractivity contribution in [3.63, 3.8) is 0 Å². The zero-order valence-electron chi connectivity index (χ0n) is 10.8. The Bertz CT molecular complexity index is 670. The molecule has 1 aromatic heterocycles. The summed E-state index contributed by atoms with van der Waals surface area (Å²) in [4.78, 5) is 29.6. The number of nitrogens with zero attached hydrogens (tertiary/aromatic N) is 1. The fourth-order valence-electron chi connectivity index (χ4n) is 1.62. The van der Waals surface area contributed by atoms with Gasteiger partial charge in [0, 0.05) is 0 Å². The summed E-state index contributed by atoms with van der Waals surface area (Å²) >= 11 is 0. The van der Waals surface area contributed by atoms with Crippen LogP contribution in [0.15, 0.2) is 35.1 Å². The maximum Gasteiger partial charge on any atom is 0.413 e. The summed E-state index contributed by atoms with van der Waals surface area (Å²) in [6.07, 6.45) is -0.695. The normalized spacial score (nSPS) is 10.1. The van der Waals surface area contributed by atoms with Crippen molar-refractivity contribution in [2.45, 2.75) is 6.92 Å². The molecule has 0 unspecified atom stereocenters. The number of hydrogen-bond donors (Lipinski definition) is 2. The predicted octanol–water partition coefficient (Wildman–Crippen LogP) is 0.799. The molecule has 0 fully saturated rings. The Kier molecular flexibility index (Phi) is 4.19. The number of amides is 1. The third-order valence-electron chi connectivity index (χ3n) is 2.50. The first-order valence-corrected chi connectivity index (χ1v) is 6.00. The first-order valence-electron chi connectivity index (χ1n) is 6.00. The quantitative estimate of drug-likeness (QED) is 0.807. The van der Waals surface area contributed by atoms with E-state index in [1.165, 1.54) is 0 Å². The van der Waals surface area contributed by atoms with Gasteiger partial charge in [-0.25, -0.2) is 9.78 Å². The smallest absolute Gasteiger partial charge is 0.413 e. The lowest BCUT2D eigenvalue weighted by Gasteiger charge is -2.09. The molecule has 6 nitrogen and oxygen atoms in total. The van der Waals surface area contributed by atoms with Crippen molar-refractivity contribution in [1.82, 2.24) is 9.97 Å². The van der Waals surface area contributed by atoms with Crippen molar-refractivity contribution < 1.29 is 9.53 Å². The molecule has 0 aliphatic carbocycles. The van der Waals surface area contributed by atoms with Gasteiger partial charge < -0.3 is 4.74 Å². The largest absolute Gasteiger partial charge is 0.450 e. The Labute approximate surface area is 116 Å². The molecule has 20 heavy (non-hydrogen) atoms. The van der Waals surface area contributed by atoms with Crippen LogP contribution in [0.4, 0.5) is 10.7 Å². The Morgan fingerprint density at radius 1 is 1.40 bits per heavy atom. The number of aromatic nitrogens is 2. The van der Waals surface area contributed by atoms with E-state index in [-0.39, 0.29) is 18.0 Å². The van der Waals surface area contributed by atoms with Gasteiger partial charge >= 0.3 is 6.09 Å². The summed E-state index contributed by atoms with van der Waals surface area (Å²) in [6, 6.07) is 8.98. The highest BCUT2D eigenvalue weighted by Crippen LogP contribution is 2.13. The van der Waals surface area contributed by atoms with Crippen molar-refractivity contribution >= 4 is 25.4 Å². The van der Waals surface area contributed by atoms with E-state index in [1.54, 1.807) is 31.2 Å². The van der Waals surface area contributed by atoms with E-state index in [9.17, 15) is 9.59 Å². The van der Waals surface area contributed by atoms with Gasteiger partial charge in [-0.2, -0.15) is 0 Å². The Balaban J connectivity index is 2.40. The van der Waals surface area contributed by atoms with Crippen molar-refractivity contribution in [3.8, 4) is 11.3 Å². The second-order valence-electron chi connectivity index (χ2n) is 3.89. The highest BCUT2D eigenvalue weighted by Gasteiger charge is 2.11.